The molecule has 0 fully saturated rings. The largest absolute Gasteiger partial charge is 0.106 e. The van der Waals surface area contributed by atoms with Crippen LogP contribution in [0.25, 0.3) is 0 Å². The summed E-state index contributed by atoms with van der Waals surface area (Å²) in [4.78, 5) is 0. The lowest BCUT2D eigenvalue weighted by atomic mass is 11.2. The Balaban J connectivity index is 1.32. The van der Waals surface area contributed by atoms with Crippen molar-refractivity contribution in [1.29, 1.82) is 0 Å². The summed E-state index contributed by atoms with van der Waals surface area (Å²) in [6.45, 7) is 0. The van der Waals surface area contributed by atoms with Gasteiger partial charge in [-0.25, -0.2) is 0 Å². The third-order valence-electron chi connectivity index (χ3n) is 2.56. The quantitative estimate of drug-likeness (QED) is 0.347. The summed E-state index contributed by atoms with van der Waals surface area (Å²) in [5, 5.41) is 5.56. The van der Waals surface area contributed by atoms with E-state index in [4.69, 9.17) is 0 Å². The van der Waals surface area contributed by atoms with Crippen LogP contribution >= 0.6 is 118 Å². The zero-order chi connectivity index (χ0) is 13.8. The maximum absolute atomic E-state index is 2.18. The number of hydrogen-bond donors (Lipinski definition) is 0. The SMILES string of the molecule is C1=CSC(=C2SC3=C(S2)SC(=C2SC4=C(SCS4)S2)S3)S1. The van der Waals surface area contributed by atoms with Crippen LogP contribution in [0.2, 0.25) is 0 Å². The topological polar surface area (TPSA) is 0 Å². The molecule has 0 nitrogen and oxygen atoms in total. The smallest absolute Gasteiger partial charge is 0.0718 e. The molecule has 0 aromatic carbocycles. The van der Waals surface area contributed by atoms with E-state index >= 15 is 0 Å². The van der Waals surface area contributed by atoms with Gasteiger partial charge in [0.1, 0.15) is 0 Å². The van der Waals surface area contributed by atoms with E-state index in [1.165, 1.54) is 39.0 Å². The molecule has 5 aliphatic heterocycles. The Labute approximate surface area is 165 Å². The lowest BCUT2D eigenvalue weighted by Crippen LogP contribution is -1.72. The normalized spacial score (nSPS) is 27.8. The van der Waals surface area contributed by atoms with Gasteiger partial charge in [0.25, 0.3) is 0 Å². The molecule has 0 N–H and O–H groups in total. The van der Waals surface area contributed by atoms with Gasteiger partial charge in [-0.2, -0.15) is 0 Å². The van der Waals surface area contributed by atoms with Gasteiger partial charge in [0.05, 0.1) is 33.9 Å². The summed E-state index contributed by atoms with van der Waals surface area (Å²) in [7, 11) is 0. The van der Waals surface area contributed by atoms with Gasteiger partial charge in [-0.3, -0.25) is 0 Å². The minimum atomic E-state index is 1.20. The molecule has 5 rings (SSSR count). The van der Waals surface area contributed by atoms with E-state index in [2.05, 4.69) is 10.8 Å². The van der Waals surface area contributed by atoms with Crippen molar-refractivity contribution < 1.29 is 0 Å². The van der Waals surface area contributed by atoms with Crippen LogP contribution in [0.4, 0.5) is 0 Å². The van der Waals surface area contributed by atoms with Crippen molar-refractivity contribution in [3.8, 4) is 0 Å². The van der Waals surface area contributed by atoms with Crippen molar-refractivity contribution in [2.24, 2.45) is 0 Å². The summed E-state index contributed by atoms with van der Waals surface area (Å²) in [5.74, 6) is 0. The van der Waals surface area contributed by atoms with Crippen LogP contribution in [-0.2, 0) is 0 Å². The van der Waals surface area contributed by atoms with Gasteiger partial charge in [0.2, 0.25) is 0 Å². The van der Waals surface area contributed by atoms with E-state index in [-0.39, 0.29) is 0 Å². The van der Waals surface area contributed by atoms with E-state index in [1.807, 2.05) is 118 Å². The van der Waals surface area contributed by atoms with Gasteiger partial charge in [-0.1, -0.05) is 94.1 Å². The standard InChI is InChI=1S/C11H4S10/c1-2-13-4(12-1)7-18-10-11(19-7)21-9(20-10)8-16-5-6(17-8)15-3-14-5/h1-2H,3H2. The van der Waals surface area contributed by atoms with Gasteiger partial charge in [0.15, 0.2) is 0 Å². The molecule has 0 aromatic heterocycles. The Morgan fingerprint density at radius 2 is 0.857 bits per heavy atom. The first-order valence-corrected chi connectivity index (χ1v) is 14.3. The van der Waals surface area contributed by atoms with E-state index < -0.39 is 0 Å². The molecule has 108 valence electrons. The molecule has 0 spiro atoms. The molecule has 0 saturated heterocycles. The fourth-order valence-electron chi connectivity index (χ4n) is 1.73. The van der Waals surface area contributed by atoms with Crippen LogP contribution in [0.1, 0.15) is 0 Å². The fraction of sp³-hybridized carbons (Fsp3) is 0.0909. The fourth-order valence-corrected chi connectivity index (χ4v) is 16.9. The highest BCUT2D eigenvalue weighted by Gasteiger charge is 2.36. The van der Waals surface area contributed by atoms with Crippen LogP contribution in [0.3, 0.4) is 0 Å². The van der Waals surface area contributed by atoms with Crippen LogP contribution in [-0.4, -0.2) is 5.08 Å². The first-order valence-electron chi connectivity index (χ1n) is 5.65. The van der Waals surface area contributed by atoms with E-state index in [9.17, 15) is 0 Å². The van der Waals surface area contributed by atoms with Gasteiger partial charge >= 0.3 is 0 Å². The molecule has 21 heavy (non-hydrogen) atoms. The van der Waals surface area contributed by atoms with Crippen LogP contribution in [0.5, 0.6) is 0 Å². The van der Waals surface area contributed by atoms with Crippen molar-refractivity contribution >= 4 is 118 Å². The number of thioether (sulfide) groups is 10. The van der Waals surface area contributed by atoms with Crippen molar-refractivity contribution in [3.63, 3.8) is 0 Å². The first kappa shape index (κ1) is 15.5. The average Bonchev–Trinajstić information content (AvgIpc) is 3.23. The molecule has 0 bridgehead atoms. The molecule has 10 heteroatoms. The minimum Gasteiger partial charge on any atom is -0.106 e. The van der Waals surface area contributed by atoms with E-state index in [0.29, 0.717) is 0 Å². The van der Waals surface area contributed by atoms with Gasteiger partial charge in [-0.05, 0) is 10.8 Å². The highest BCUT2D eigenvalue weighted by Crippen LogP contribution is 2.72. The van der Waals surface area contributed by atoms with Crippen molar-refractivity contribution in [2.75, 3.05) is 5.08 Å². The Morgan fingerprint density at radius 3 is 1.33 bits per heavy atom. The molecule has 5 aliphatic rings. The summed E-state index contributed by atoms with van der Waals surface area (Å²) in [6.07, 6.45) is 0. The Bertz CT molecular complexity index is 644. The van der Waals surface area contributed by atoms with Crippen LogP contribution < -0.4 is 0 Å². The Morgan fingerprint density at radius 1 is 0.476 bits per heavy atom. The lowest BCUT2D eigenvalue weighted by Gasteiger charge is -2.07. The molecular formula is C11H4S10. The number of hydrogen-bond acceptors (Lipinski definition) is 10. The van der Waals surface area contributed by atoms with Gasteiger partial charge in [-0.15, -0.1) is 23.5 Å². The van der Waals surface area contributed by atoms with Crippen molar-refractivity contribution in [1.82, 2.24) is 0 Å². The molecule has 0 amide bonds. The molecule has 0 saturated carbocycles. The highest BCUT2D eigenvalue weighted by atomic mass is 32.3. The maximum Gasteiger partial charge on any atom is 0.0718 e. The van der Waals surface area contributed by atoms with Crippen LogP contribution in [0, 0.1) is 0 Å². The zero-order valence-corrected chi connectivity index (χ0v) is 18.1. The summed E-state index contributed by atoms with van der Waals surface area (Å²) >= 11 is 19.6. The summed E-state index contributed by atoms with van der Waals surface area (Å²) in [6, 6.07) is 0. The van der Waals surface area contributed by atoms with Crippen molar-refractivity contribution in [3.05, 3.63) is 44.7 Å². The Kier molecular flexibility index (Phi) is 4.78. The molecular weight excluding hydrogens is 453 g/mol. The minimum absolute atomic E-state index is 1.20. The van der Waals surface area contributed by atoms with E-state index in [0.717, 1.165) is 0 Å². The van der Waals surface area contributed by atoms with Gasteiger partial charge < -0.3 is 0 Å². The van der Waals surface area contributed by atoms with E-state index in [1.54, 1.807) is 0 Å². The van der Waals surface area contributed by atoms with Crippen LogP contribution in [0.15, 0.2) is 44.7 Å². The molecule has 0 aliphatic carbocycles. The third-order valence-corrected chi connectivity index (χ3v) is 17.0. The molecule has 0 atom stereocenters. The summed E-state index contributed by atoms with van der Waals surface area (Å²) in [5.41, 5.74) is 0. The predicted molar refractivity (Wildman–Crippen MR) is 118 cm³/mol. The monoisotopic (exact) mass is 456 g/mol. The second-order valence-electron chi connectivity index (χ2n) is 3.83. The maximum atomic E-state index is 2.18. The molecule has 0 unspecified atom stereocenters. The molecule has 0 aromatic rings. The predicted octanol–water partition coefficient (Wildman–Crippen LogP) is 8.32. The molecule has 5 heterocycles. The average molecular weight is 457 g/mol. The second-order valence-corrected chi connectivity index (χ2v) is 16.2. The summed E-state index contributed by atoms with van der Waals surface area (Å²) < 4.78 is 12.0. The molecule has 0 radical (unpaired) electrons. The van der Waals surface area contributed by atoms with Gasteiger partial charge in [0, 0.05) is 5.08 Å². The van der Waals surface area contributed by atoms with Crippen molar-refractivity contribution in [2.45, 2.75) is 0 Å². The second kappa shape index (κ2) is 6.49. The Hall–Kier alpha value is 2.20. The third kappa shape index (κ3) is 2.97. The zero-order valence-electron chi connectivity index (χ0n) is 9.94. The first-order chi connectivity index (χ1) is 10.4. The highest BCUT2D eigenvalue weighted by molar-refractivity contribution is 8.51. The number of rotatable bonds is 0. The lowest BCUT2D eigenvalue weighted by molar-refractivity contribution is 2.31.